The molecule has 0 aliphatic heterocycles. The maximum absolute atomic E-state index is 7.80. The highest BCUT2D eigenvalue weighted by Gasteiger charge is 1.89. The summed E-state index contributed by atoms with van der Waals surface area (Å²) in [6, 6.07) is 0. The van der Waals surface area contributed by atoms with E-state index in [0.717, 1.165) is 0 Å². The van der Waals surface area contributed by atoms with Crippen molar-refractivity contribution in [2.75, 3.05) is 0 Å². The van der Waals surface area contributed by atoms with Crippen LogP contribution >= 0.6 is 0 Å². The fourth-order valence-corrected chi connectivity index (χ4v) is 0.316. The Labute approximate surface area is 39.1 Å². The third-order valence-electron chi connectivity index (χ3n) is 0.288. The summed E-state index contributed by atoms with van der Waals surface area (Å²) in [5, 5.41) is 7.80. The second-order valence-corrected chi connectivity index (χ2v) is 3.59. The van der Waals surface area contributed by atoms with Gasteiger partial charge in [-0.2, -0.15) is 5.26 Å². The first-order valence-electron chi connectivity index (χ1n) is 1.82. The van der Waals surface area contributed by atoms with E-state index in [0.29, 0.717) is 0 Å². The summed E-state index contributed by atoms with van der Waals surface area (Å²) >= 11 is 0. The Morgan fingerprint density at radius 3 is 2.17 bits per heavy atom. The Morgan fingerprint density at radius 2 is 2.17 bits per heavy atom. The monoisotopic (exact) mass is 101 g/mol. The lowest BCUT2D eigenvalue weighted by Crippen LogP contribution is -2.00. The van der Waals surface area contributed by atoms with Gasteiger partial charge in [0.05, 0.1) is 0 Å². The molecule has 3 heteroatoms. The normalized spacial score (nSPS) is 7.67. The van der Waals surface area contributed by atoms with Gasteiger partial charge < -0.3 is 4.43 Å². The van der Waals surface area contributed by atoms with Crippen LogP contribution in [-0.4, -0.2) is 9.04 Å². The zero-order valence-electron chi connectivity index (χ0n) is 3.93. The highest BCUT2D eigenvalue weighted by atomic mass is 28.3. The van der Waals surface area contributed by atoms with Crippen molar-refractivity contribution in [3.8, 4) is 6.26 Å². The third-order valence-corrected chi connectivity index (χ3v) is 0.865. The van der Waals surface area contributed by atoms with E-state index < -0.39 is 9.04 Å². The number of hydrogen-bond donors (Lipinski definition) is 0. The molecule has 0 aliphatic rings. The Kier molecular flexibility index (Phi) is 2.50. The predicted octanol–water partition coefficient (Wildman–Crippen LogP) is 0.467. The van der Waals surface area contributed by atoms with Gasteiger partial charge in [-0.05, 0) is 13.1 Å². The topological polar surface area (TPSA) is 33.0 Å². The van der Waals surface area contributed by atoms with Gasteiger partial charge in [-0.3, -0.25) is 0 Å². The largest absolute Gasteiger partial charge is 0.486 e. The van der Waals surface area contributed by atoms with Crippen molar-refractivity contribution in [3.63, 3.8) is 0 Å². The van der Waals surface area contributed by atoms with Gasteiger partial charge in [0, 0.05) is 0 Å². The Bertz CT molecular complexity index is 65.7. The molecule has 2 nitrogen and oxygen atoms in total. The molecule has 0 fully saturated rings. The highest BCUT2D eigenvalue weighted by molar-refractivity contribution is 6.48. The quantitative estimate of drug-likeness (QED) is 0.355. The minimum Gasteiger partial charge on any atom is -0.486 e. The van der Waals surface area contributed by atoms with E-state index in [1.807, 2.05) is 13.1 Å². The molecule has 0 N–H and O–H groups in total. The van der Waals surface area contributed by atoms with Gasteiger partial charge in [0.1, 0.15) is 0 Å². The Morgan fingerprint density at radius 1 is 1.67 bits per heavy atom. The molecule has 0 amide bonds. The van der Waals surface area contributed by atoms with Crippen LogP contribution < -0.4 is 0 Å². The van der Waals surface area contributed by atoms with Crippen molar-refractivity contribution in [3.05, 3.63) is 0 Å². The minimum absolute atomic E-state index is 1.03. The maximum atomic E-state index is 7.80. The zero-order chi connectivity index (χ0) is 4.99. The SMILES string of the molecule is C[SiH](C)OC#N. The number of nitrogens with zero attached hydrogens (tertiary/aromatic N) is 1. The van der Waals surface area contributed by atoms with Gasteiger partial charge >= 0.3 is 0 Å². The molecule has 0 radical (unpaired) electrons. The average Bonchev–Trinajstić information content (AvgIpc) is 1.35. The van der Waals surface area contributed by atoms with E-state index in [9.17, 15) is 0 Å². The van der Waals surface area contributed by atoms with Crippen LogP contribution in [0.15, 0.2) is 0 Å². The maximum Gasteiger partial charge on any atom is 0.271 e. The van der Waals surface area contributed by atoms with Crippen LogP contribution in [0.2, 0.25) is 13.1 Å². The van der Waals surface area contributed by atoms with Gasteiger partial charge in [-0.25, -0.2) is 0 Å². The summed E-state index contributed by atoms with van der Waals surface area (Å²) in [4.78, 5) is 0. The second kappa shape index (κ2) is 2.73. The summed E-state index contributed by atoms with van der Waals surface area (Å²) in [6.07, 6.45) is 1.63. The first-order chi connectivity index (χ1) is 2.77. The van der Waals surface area contributed by atoms with Crippen LogP contribution in [0.3, 0.4) is 0 Å². The van der Waals surface area contributed by atoms with Gasteiger partial charge in [-0.15, -0.1) is 0 Å². The highest BCUT2D eigenvalue weighted by Crippen LogP contribution is 1.76. The summed E-state index contributed by atoms with van der Waals surface area (Å²) in [7, 11) is -1.03. The molecule has 0 atom stereocenters. The fourth-order valence-electron chi connectivity index (χ4n) is 0.105. The number of rotatable bonds is 1. The van der Waals surface area contributed by atoms with Gasteiger partial charge in [-0.1, -0.05) is 0 Å². The molecular formula is C3H7NOSi. The van der Waals surface area contributed by atoms with E-state index in [1.54, 1.807) is 6.26 Å². The lowest BCUT2D eigenvalue weighted by atomic mass is 11.6. The molecule has 6 heavy (non-hydrogen) atoms. The zero-order valence-corrected chi connectivity index (χ0v) is 5.09. The van der Waals surface area contributed by atoms with E-state index in [-0.39, 0.29) is 0 Å². The Balaban J connectivity index is 2.88. The predicted molar refractivity (Wildman–Crippen MR) is 25.6 cm³/mol. The van der Waals surface area contributed by atoms with Crippen LogP contribution in [0.1, 0.15) is 0 Å². The van der Waals surface area contributed by atoms with Gasteiger partial charge in [0.15, 0.2) is 0 Å². The second-order valence-electron chi connectivity index (χ2n) is 1.26. The molecule has 0 rings (SSSR count). The van der Waals surface area contributed by atoms with Crippen molar-refractivity contribution in [2.45, 2.75) is 13.1 Å². The first-order valence-corrected chi connectivity index (χ1v) is 4.60. The average molecular weight is 101 g/mol. The molecule has 0 aromatic heterocycles. The van der Waals surface area contributed by atoms with Crippen LogP contribution in [0.25, 0.3) is 0 Å². The lowest BCUT2D eigenvalue weighted by molar-refractivity contribution is 0.529. The molecule has 0 aromatic carbocycles. The summed E-state index contributed by atoms with van der Waals surface area (Å²) in [6.45, 7) is 3.90. The van der Waals surface area contributed by atoms with E-state index in [2.05, 4.69) is 4.43 Å². The molecule has 0 saturated heterocycles. The molecular weight excluding hydrogens is 94.1 g/mol. The molecule has 0 unspecified atom stereocenters. The van der Waals surface area contributed by atoms with Crippen LogP contribution in [0.4, 0.5) is 0 Å². The minimum atomic E-state index is -1.03. The third kappa shape index (κ3) is 3.51. The van der Waals surface area contributed by atoms with Crippen LogP contribution in [0.5, 0.6) is 0 Å². The van der Waals surface area contributed by atoms with E-state index in [4.69, 9.17) is 5.26 Å². The first kappa shape index (κ1) is 5.51. The van der Waals surface area contributed by atoms with E-state index in [1.165, 1.54) is 0 Å². The molecule has 34 valence electrons. The molecule has 0 heterocycles. The van der Waals surface area contributed by atoms with Crippen molar-refractivity contribution in [1.29, 1.82) is 5.26 Å². The molecule has 0 saturated carbocycles. The molecule has 0 bridgehead atoms. The van der Waals surface area contributed by atoms with Crippen molar-refractivity contribution >= 4 is 9.04 Å². The van der Waals surface area contributed by atoms with Crippen molar-refractivity contribution in [1.82, 2.24) is 0 Å². The summed E-state index contributed by atoms with van der Waals surface area (Å²) < 4.78 is 4.49. The number of nitriles is 1. The molecule has 0 aliphatic carbocycles. The molecule has 0 spiro atoms. The van der Waals surface area contributed by atoms with Crippen molar-refractivity contribution < 1.29 is 4.43 Å². The van der Waals surface area contributed by atoms with Crippen LogP contribution in [-0.2, 0) is 4.43 Å². The standard InChI is InChI=1S/C3H7NOSi/c1-6(2)5-3-4/h6H,1-2H3. The fraction of sp³-hybridized carbons (Fsp3) is 0.667. The van der Waals surface area contributed by atoms with E-state index >= 15 is 0 Å². The van der Waals surface area contributed by atoms with Crippen molar-refractivity contribution in [2.24, 2.45) is 0 Å². The van der Waals surface area contributed by atoms with Crippen LogP contribution in [0, 0.1) is 11.5 Å². The van der Waals surface area contributed by atoms with Gasteiger partial charge in [0.25, 0.3) is 6.26 Å². The lowest BCUT2D eigenvalue weighted by Gasteiger charge is -1.91. The Hall–Kier alpha value is -0.493. The summed E-state index contributed by atoms with van der Waals surface area (Å²) in [5.41, 5.74) is 0. The summed E-state index contributed by atoms with van der Waals surface area (Å²) in [5.74, 6) is 0. The molecule has 0 aromatic rings. The van der Waals surface area contributed by atoms with Gasteiger partial charge in [0.2, 0.25) is 9.04 Å². The number of hydrogen-bond acceptors (Lipinski definition) is 2. The smallest absolute Gasteiger partial charge is 0.271 e.